The maximum Gasteiger partial charge on any atom is -1.00 e. The second-order valence-corrected chi connectivity index (χ2v) is 29.3. The summed E-state index contributed by atoms with van der Waals surface area (Å²) in [7, 11) is 0. The SMILES string of the molecule is CC1C=C2C(c3ccccc3)=CC=CC=C2[CH]1[Zr+2]([CH]1C2=CC=CC=C(c3ccccc3)C2=CC1C)=[Si](C)C.[Cl-].[Cl-]. The molecule has 202 valence electrons. The van der Waals surface area contributed by atoms with Crippen LogP contribution in [0.4, 0.5) is 0 Å². The summed E-state index contributed by atoms with van der Waals surface area (Å²) >= 11 is -2.05. The Morgan fingerprint density at radius 1 is 0.525 bits per heavy atom. The molecule has 0 radical (unpaired) electrons. The van der Waals surface area contributed by atoms with Gasteiger partial charge < -0.3 is 24.8 Å². The predicted molar refractivity (Wildman–Crippen MR) is 163 cm³/mol. The normalized spacial score (nSPS) is 24.1. The minimum absolute atomic E-state index is 0. The summed E-state index contributed by atoms with van der Waals surface area (Å²) in [6.07, 6.45) is 24.0. The Morgan fingerprint density at radius 2 is 0.900 bits per heavy atom. The second kappa shape index (κ2) is 13.3. The third-order valence-electron chi connectivity index (χ3n) is 8.50. The fourth-order valence-electron chi connectivity index (χ4n) is 6.95. The molecule has 4 aliphatic carbocycles. The van der Waals surface area contributed by atoms with Crippen LogP contribution < -0.4 is 24.8 Å². The summed E-state index contributed by atoms with van der Waals surface area (Å²) in [5.41, 5.74) is 11.3. The van der Waals surface area contributed by atoms with Gasteiger partial charge in [0.1, 0.15) is 0 Å². The van der Waals surface area contributed by atoms with Gasteiger partial charge in [0.25, 0.3) is 0 Å². The Hall–Kier alpha value is -1.96. The Kier molecular flexibility index (Phi) is 10.3. The number of hydrogen-bond acceptors (Lipinski definition) is 0. The molecule has 0 nitrogen and oxygen atoms in total. The molecule has 0 saturated carbocycles. The van der Waals surface area contributed by atoms with E-state index in [1.165, 1.54) is 33.4 Å². The summed E-state index contributed by atoms with van der Waals surface area (Å²) < 4.78 is 1.45. The van der Waals surface area contributed by atoms with Crippen LogP contribution in [-0.4, -0.2) is 5.43 Å². The van der Waals surface area contributed by atoms with E-state index >= 15 is 0 Å². The van der Waals surface area contributed by atoms with Crippen molar-refractivity contribution in [3.05, 3.63) is 155 Å². The number of rotatable bonds is 4. The maximum absolute atomic E-state index is 2.64. The molecule has 6 rings (SSSR count). The third kappa shape index (κ3) is 5.71. The van der Waals surface area contributed by atoms with E-state index in [4.69, 9.17) is 0 Å². The molecular formula is C36H36Cl2SiZr. The number of benzene rings is 2. The molecule has 0 N–H and O–H groups in total. The smallest absolute Gasteiger partial charge is 1.00 e. The summed E-state index contributed by atoms with van der Waals surface area (Å²) in [5, 5.41) is 0. The molecule has 0 fully saturated rings. The molecule has 4 heteroatoms. The van der Waals surface area contributed by atoms with Crippen LogP contribution in [0.3, 0.4) is 0 Å². The zero-order valence-electron chi connectivity index (χ0n) is 23.6. The molecule has 0 saturated heterocycles. The molecule has 0 spiro atoms. The predicted octanol–water partition coefficient (Wildman–Crippen LogP) is 3.75. The van der Waals surface area contributed by atoms with Crippen molar-refractivity contribution in [2.45, 2.75) is 34.2 Å². The van der Waals surface area contributed by atoms with Crippen LogP contribution in [0, 0.1) is 11.8 Å². The molecule has 0 heterocycles. The van der Waals surface area contributed by atoms with Crippen LogP contribution in [0.15, 0.2) is 144 Å². The van der Waals surface area contributed by atoms with Gasteiger partial charge in [0.05, 0.1) is 0 Å². The van der Waals surface area contributed by atoms with Gasteiger partial charge in [-0.2, -0.15) is 0 Å². The molecule has 40 heavy (non-hydrogen) atoms. The molecule has 0 amide bonds. The average molecular weight is 659 g/mol. The van der Waals surface area contributed by atoms with Crippen LogP contribution in [0.5, 0.6) is 0 Å². The summed E-state index contributed by atoms with van der Waals surface area (Å²) in [6, 6.07) is 22.0. The first-order valence-corrected chi connectivity index (χ1v) is 23.0. The molecule has 4 aliphatic rings. The zero-order chi connectivity index (χ0) is 26.2. The quantitative estimate of drug-likeness (QED) is 0.440. The van der Waals surface area contributed by atoms with E-state index in [9.17, 15) is 0 Å². The van der Waals surface area contributed by atoms with E-state index in [0.29, 0.717) is 11.8 Å². The first-order valence-electron chi connectivity index (χ1n) is 13.9. The van der Waals surface area contributed by atoms with Gasteiger partial charge in [0, 0.05) is 0 Å². The van der Waals surface area contributed by atoms with Gasteiger partial charge in [0.2, 0.25) is 0 Å². The topological polar surface area (TPSA) is 0 Å². The number of allylic oxidation sites excluding steroid dienone is 16. The molecule has 0 aromatic heterocycles. The second-order valence-electron chi connectivity index (χ2n) is 11.2. The summed E-state index contributed by atoms with van der Waals surface area (Å²) in [6.45, 7) is 10.3. The van der Waals surface area contributed by atoms with Gasteiger partial charge in [-0.3, -0.25) is 0 Å². The minimum atomic E-state index is -2.05. The molecular weight excluding hydrogens is 623 g/mol. The largest absolute Gasteiger partial charge is 1.00 e. The molecule has 2 aromatic carbocycles. The van der Waals surface area contributed by atoms with Gasteiger partial charge in [-0.1, -0.05) is 0 Å². The standard InChI is InChI=1S/2C17H15.C2H6Si.2ClH.Zr/c2*1-13-11-15-9-5-6-10-16(17(15)12-13)14-7-3-2-4-8-14;1-3-2;;;/h2*2-13H,1H3;1-2H3;2*1H;/q;;;;;+2/p-2. The first kappa shape index (κ1) is 31.0. The average Bonchev–Trinajstić information content (AvgIpc) is 3.21. The Bertz CT molecular complexity index is 1430. The van der Waals surface area contributed by atoms with Crippen LogP contribution in [0.25, 0.3) is 11.1 Å². The van der Waals surface area contributed by atoms with E-state index < -0.39 is 25.8 Å². The minimum Gasteiger partial charge on any atom is -1.00 e. The van der Waals surface area contributed by atoms with Crippen molar-refractivity contribution in [3.63, 3.8) is 0 Å². The van der Waals surface area contributed by atoms with Gasteiger partial charge in [-0.25, -0.2) is 0 Å². The van der Waals surface area contributed by atoms with Crippen LogP contribution in [-0.2, 0) is 20.4 Å². The van der Waals surface area contributed by atoms with Crippen molar-refractivity contribution >= 4 is 16.6 Å². The van der Waals surface area contributed by atoms with E-state index in [0.717, 1.165) is 7.25 Å². The van der Waals surface area contributed by atoms with Gasteiger partial charge >= 0.3 is 238 Å². The van der Waals surface area contributed by atoms with E-state index in [2.05, 4.69) is 148 Å². The zero-order valence-corrected chi connectivity index (χ0v) is 28.6. The fourth-order valence-corrected chi connectivity index (χ4v) is 29.4. The number of halogens is 2. The van der Waals surface area contributed by atoms with Gasteiger partial charge in [0.15, 0.2) is 0 Å². The van der Waals surface area contributed by atoms with Crippen molar-refractivity contribution in [3.8, 4) is 0 Å². The summed E-state index contributed by atoms with van der Waals surface area (Å²) in [5.74, 6) is 1.21. The van der Waals surface area contributed by atoms with E-state index in [1.807, 2.05) is 0 Å². The Balaban J connectivity index is 0.00000185. The van der Waals surface area contributed by atoms with Crippen LogP contribution in [0.1, 0.15) is 25.0 Å². The molecule has 2 aromatic rings. The van der Waals surface area contributed by atoms with Crippen LogP contribution in [0.2, 0.25) is 20.3 Å². The first-order chi connectivity index (χ1) is 18.5. The molecule has 4 atom stereocenters. The molecule has 0 aliphatic heterocycles. The van der Waals surface area contributed by atoms with Crippen molar-refractivity contribution < 1.29 is 45.2 Å². The van der Waals surface area contributed by atoms with Gasteiger partial charge in [-0.05, 0) is 0 Å². The number of fused-ring (bicyclic) bond motifs is 2. The third-order valence-corrected chi connectivity index (χ3v) is 29.3. The Labute approximate surface area is 260 Å². The fraction of sp³-hybridized carbons (Fsp3) is 0.222. The Morgan fingerprint density at radius 3 is 1.27 bits per heavy atom. The van der Waals surface area contributed by atoms with Crippen molar-refractivity contribution in [1.29, 1.82) is 0 Å². The van der Waals surface area contributed by atoms with Crippen molar-refractivity contribution in [1.82, 2.24) is 0 Å². The van der Waals surface area contributed by atoms with Crippen LogP contribution >= 0.6 is 0 Å². The van der Waals surface area contributed by atoms with Crippen molar-refractivity contribution in [2.75, 3.05) is 0 Å². The monoisotopic (exact) mass is 656 g/mol. The van der Waals surface area contributed by atoms with Gasteiger partial charge in [-0.15, -0.1) is 0 Å². The molecule has 4 unspecified atom stereocenters. The van der Waals surface area contributed by atoms with Crippen molar-refractivity contribution in [2.24, 2.45) is 11.8 Å². The summed E-state index contributed by atoms with van der Waals surface area (Å²) in [4.78, 5) is 0. The molecule has 0 bridgehead atoms. The number of hydrogen-bond donors (Lipinski definition) is 0. The van der Waals surface area contributed by atoms with E-state index in [1.54, 1.807) is 11.1 Å². The maximum atomic E-state index is 2.64. The van der Waals surface area contributed by atoms with E-state index in [-0.39, 0.29) is 24.8 Å².